The number of H-pyrrole nitrogens is 1. The Hall–Kier alpha value is -1.97. The normalized spacial score (nSPS) is 10.7. The van der Waals surface area contributed by atoms with Crippen molar-refractivity contribution in [3.63, 3.8) is 0 Å². The van der Waals surface area contributed by atoms with Crippen LogP contribution in [0.2, 0.25) is 0 Å². The number of hydrogen-bond acceptors (Lipinski definition) is 7. The van der Waals surface area contributed by atoms with Crippen molar-refractivity contribution in [2.24, 2.45) is 0 Å². The molecule has 3 aromatic heterocycles. The lowest BCUT2D eigenvalue weighted by Gasteiger charge is -1.97. The molecule has 3 aromatic rings. The van der Waals surface area contributed by atoms with E-state index in [1.54, 1.807) is 17.4 Å². The predicted octanol–water partition coefficient (Wildman–Crippen LogP) is 3.21. The molecule has 0 unspecified atom stereocenters. The summed E-state index contributed by atoms with van der Waals surface area (Å²) in [6.45, 7) is 1.92. The lowest BCUT2D eigenvalue weighted by atomic mass is 10.3. The van der Waals surface area contributed by atoms with Gasteiger partial charge >= 0.3 is 0 Å². The molecule has 124 valence electrons. The highest BCUT2D eigenvalue weighted by Gasteiger charge is 2.13. The summed E-state index contributed by atoms with van der Waals surface area (Å²) < 4.78 is 0. The number of aromatic amines is 1. The third kappa shape index (κ3) is 4.31. The van der Waals surface area contributed by atoms with Crippen molar-refractivity contribution in [3.05, 3.63) is 39.4 Å². The summed E-state index contributed by atoms with van der Waals surface area (Å²) in [7, 11) is 0. The molecule has 0 aliphatic carbocycles. The topological polar surface area (TPSA) is 87.7 Å². The average molecular weight is 379 g/mol. The Bertz CT molecular complexity index is 839. The van der Waals surface area contributed by atoms with Crippen LogP contribution in [0.15, 0.2) is 34.8 Å². The summed E-state index contributed by atoms with van der Waals surface area (Å²) in [6.07, 6.45) is 0. The molecular formula is C15H14N4O2S3. The minimum absolute atomic E-state index is 0.0292. The van der Waals surface area contributed by atoms with E-state index in [1.165, 1.54) is 30.0 Å². The molecule has 1 amide bonds. The molecule has 6 nitrogen and oxygen atoms in total. The van der Waals surface area contributed by atoms with Gasteiger partial charge in [0.15, 0.2) is 11.6 Å². The Balaban J connectivity index is 1.55. The third-order valence-corrected chi connectivity index (χ3v) is 5.85. The predicted molar refractivity (Wildman–Crippen MR) is 96.6 cm³/mol. The van der Waals surface area contributed by atoms with E-state index < -0.39 is 0 Å². The Morgan fingerprint density at radius 1 is 1.33 bits per heavy atom. The summed E-state index contributed by atoms with van der Waals surface area (Å²) in [5.41, 5.74) is 0. The summed E-state index contributed by atoms with van der Waals surface area (Å²) in [4.78, 5) is 30.2. The van der Waals surface area contributed by atoms with E-state index in [0.29, 0.717) is 22.4 Å². The molecule has 9 heteroatoms. The maximum Gasteiger partial charge on any atom is 0.217 e. The molecule has 0 aliphatic rings. The highest BCUT2D eigenvalue weighted by Crippen LogP contribution is 2.24. The van der Waals surface area contributed by atoms with Crippen LogP contribution >= 0.6 is 34.4 Å². The summed E-state index contributed by atoms with van der Waals surface area (Å²) >= 11 is 4.29. The molecule has 3 heterocycles. The van der Waals surface area contributed by atoms with E-state index in [-0.39, 0.29) is 17.4 Å². The number of nitrogens with zero attached hydrogens (tertiary/aromatic N) is 2. The SMILES string of the molecule is CC(=O)NCc1ccc(C(=O)CSc2n[nH]c(-c3cccs3)n2)s1. The third-order valence-electron chi connectivity index (χ3n) is 3.00. The first-order valence-electron chi connectivity index (χ1n) is 7.07. The van der Waals surface area contributed by atoms with Gasteiger partial charge in [-0.2, -0.15) is 0 Å². The second-order valence-electron chi connectivity index (χ2n) is 4.83. The van der Waals surface area contributed by atoms with Crippen LogP contribution in [-0.2, 0) is 11.3 Å². The second-order valence-corrected chi connectivity index (χ2v) is 7.89. The van der Waals surface area contributed by atoms with Crippen LogP contribution in [0.25, 0.3) is 10.7 Å². The van der Waals surface area contributed by atoms with Gasteiger partial charge < -0.3 is 5.32 Å². The van der Waals surface area contributed by atoms with E-state index in [4.69, 9.17) is 0 Å². The lowest BCUT2D eigenvalue weighted by molar-refractivity contribution is -0.119. The number of hydrogen-bond donors (Lipinski definition) is 2. The van der Waals surface area contributed by atoms with E-state index in [1.807, 2.05) is 23.6 Å². The monoisotopic (exact) mass is 378 g/mol. The molecule has 0 atom stereocenters. The number of carbonyl (C=O) groups excluding carboxylic acids is 2. The summed E-state index contributed by atoms with van der Waals surface area (Å²) in [5.74, 6) is 0.940. The number of thiophene rings is 2. The number of aromatic nitrogens is 3. The molecule has 0 aromatic carbocycles. The van der Waals surface area contributed by atoms with Crippen molar-refractivity contribution < 1.29 is 9.59 Å². The molecule has 0 radical (unpaired) electrons. The number of thioether (sulfide) groups is 1. The highest BCUT2D eigenvalue weighted by molar-refractivity contribution is 7.99. The van der Waals surface area contributed by atoms with Crippen LogP contribution in [0.5, 0.6) is 0 Å². The fraction of sp³-hybridized carbons (Fsp3) is 0.200. The van der Waals surface area contributed by atoms with Crippen molar-refractivity contribution in [3.8, 4) is 10.7 Å². The number of amides is 1. The maximum absolute atomic E-state index is 12.2. The first-order chi connectivity index (χ1) is 11.6. The molecule has 0 aliphatic heterocycles. The Labute approximate surface area is 150 Å². The molecule has 2 N–H and O–H groups in total. The van der Waals surface area contributed by atoms with Gasteiger partial charge in [-0.05, 0) is 23.6 Å². The number of carbonyl (C=O) groups is 2. The molecule has 24 heavy (non-hydrogen) atoms. The molecule has 3 rings (SSSR count). The first-order valence-corrected chi connectivity index (χ1v) is 9.75. The van der Waals surface area contributed by atoms with Gasteiger partial charge in [-0.15, -0.1) is 27.8 Å². The van der Waals surface area contributed by atoms with Gasteiger partial charge in [-0.25, -0.2) is 4.98 Å². The maximum atomic E-state index is 12.2. The standard InChI is InChI=1S/C15H14N4O2S3/c1-9(20)16-7-10-4-5-12(24-10)11(21)8-23-15-17-14(18-19-15)13-3-2-6-22-13/h2-6H,7-8H2,1H3,(H,16,20)(H,17,18,19). The van der Waals surface area contributed by atoms with Crippen LogP contribution < -0.4 is 5.32 Å². The minimum atomic E-state index is -0.0852. The summed E-state index contributed by atoms with van der Waals surface area (Å²) in [6, 6.07) is 7.57. The van der Waals surface area contributed by atoms with Crippen LogP contribution in [0.4, 0.5) is 0 Å². The molecule has 0 saturated carbocycles. The lowest BCUT2D eigenvalue weighted by Crippen LogP contribution is -2.18. The minimum Gasteiger partial charge on any atom is -0.351 e. The van der Waals surface area contributed by atoms with Crippen LogP contribution in [-0.4, -0.2) is 32.6 Å². The molecule has 0 saturated heterocycles. The Kier molecular flexibility index (Phi) is 5.44. The Morgan fingerprint density at radius 3 is 2.96 bits per heavy atom. The zero-order valence-corrected chi connectivity index (χ0v) is 15.2. The molecular weight excluding hydrogens is 364 g/mol. The van der Waals surface area contributed by atoms with Gasteiger partial charge in [0.05, 0.1) is 22.1 Å². The van der Waals surface area contributed by atoms with E-state index in [0.717, 1.165) is 9.75 Å². The second kappa shape index (κ2) is 7.73. The van der Waals surface area contributed by atoms with E-state index >= 15 is 0 Å². The molecule has 0 spiro atoms. The van der Waals surface area contributed by atoms with Gasteiger partial charge in [0.25, 0.3) is 0 Å². The number of rotatable bonds is 7. The van der Waals surface area contributed by atoms with Gasteiger partial charge in [0.1, 0.15) is 0 Å². The van der Waals surface area contributed by atoms with Crippen molar-refractivity contribution >= 4 is 46.1 Å². The van der Waals surface area contributed by atoms with Gasteiger partial charge in [0.2, 0.25) is 11.1 Å². The number of Topliss-reactive ketones (excluding diaryl/α,β-unsaturated/α-hetero) is 1. The first kappa shape index (κ1) is 16.9. The smallest absolute Gasteiger partial charge is 0.217 e. The Morgan fingerprint density at radius 2 is 2.21 bits per heavy atom. The quantitative estimate of drug-likeness (QED) is 0.487. The van der Waals surface area contributed by atoms with Crippen LogP contribution in [0.3, 0.4) is 0 Å². The van der Waals surface area contributed by atoms with Gasteiger partial charge in [-0.3, -0.25) is 14.7 Å². The fourth-order valence-electron chi connectivity index (χ4n) is 1.87. The number of nitrogens with one attached hydrogen (secondary N) is 2. The zero-order chi connectivity index (χ0) is 16.9. The largest absolute Gasteiger partial charge is 0.351 e. The van der Waals surface area contributed by atoms with E-state index in [2.05, 4.69) is 20.5 Å². The molecule has 0 bridgehead atoms. The van der Waals surface area contributed by atoms with Gasteiger partial charge in [0, 0.05) is 11.8 Å². The zero-order valence-electron chi connectivity index (χ0n) is 12.7. The highest BCUT2D eigenvalue weighted by atomic mass is 32.2. The van der Waals surface area contributed by atoms with Gasteiger partial charge in [-0.1, -0.05) is 17.8 Å². The van der Waals surface area contributed by atoms with Crippen LogP contribution in [0, 0.1) is 0 Å². The van der Waals surface area contributed by atoms with Crippen molar-refractivity contribution in [1.82, 2.24) is 20.5 Å². The van der Waals surface area contributed by atoms with Crippen molar-refractivity contribution in [2.75, 3.05) is 5.75 Å². The van der Waals surface area contributed by atoms with Crippen LogP contribution in [0.1, 0.15) is 21.5 Å². The van der Waals surface area contributed by atoms with E-state index in [9.17, 15) is 9.59 Å². The molecule has 0 fully saturated rings. The summed E-state index contributed by atoms with van der Waals surface area (Å²) in [5, 5.41) is 12.3. The fourth-order valence-corrected chi connectivity index (χ4v) is 4.19. The number of ketones is 1. The van der Waals surface area contributed by atoms with Crippen molar-refractivity contribution in [2.45, 2.75) is 18.6 Å². The van der Waals surface area contributed by atoms with Crippen molar-refractivity contribution in [1.29, 1.82) is 0 Å². The average Bonchev–Trinajstić information content (AvgIpc) is 3.31.